The SMILES string of the molecule is CON=C(C(=O)N[C@@H]1C(=O)N2C(C(=O)O[C@@H](C)OC(C)=O)=C(COC(N)=O)CS[C@H]12)c1ccco1. The molecule has 1 aromatic heterocycles. The number of thioether (sulfide) groups is 1. The molecule has 0 aromatic carbocycles. The van der Waals surface area contributed by atoms with Crippen molar-refractivity contribution in [3.05, 3.63) is 35.4 Å². The Bertz CT molecular complexity index is 1080. The number of fused-ring (bicyclic) bond motifs is 1. The number of primary amides is 1. The molecule has 3 heterocycles. The van der Waals surface area contributed by atoms with Crippen LogP contribution in [0.15, 0.2) is 39.2 Å². The summed E-state index contributed by atoms with van der Waals surface area (Å²) in [5.74, 6) is -2.75. The largest absolute Gasteiger partial charge is 0.462 e. The molecule has 2 aliphatic heterocycles. The van der Waals surface area contributed by atoms with Gasteiger partial charge in [-0.3, -0.25) is 19.3 Å². The Hall–Kier alpha value is -4.01. The number of nitrogens with two attached hydrogens (primary N) is 1. The van der Waals surface area contributed by atoms with E-state index in [9.17, 15) is 24.0 Å². The van der Waals surface area contributed by atoms with Crippen molar-refractivity contribution >= 4 is 47.3 Å². The van der Waals surface area contributed by atoms with Gasteiger partial charge in [-0.15, -0.1) is 11.8 Å². The van der Waals surface area contributed by atoms with E-state index in [4.69, 9.17) is 29.2 Å². The Morgan fingerprint density at radius 2 is 2.09 bits per heavy atom. The summed E-state index contributed by atoms with van der Waals surface area (Å²) in [6.45, 7) is 2.09. The Morgan fingerprint density at radius 3 is 2.69 bits per heavy atom. The quantitative estimate of drug-likeness (QED) is 0.147. The molecule has 0 radical (unpaired) electrons. The number of amides is 3. The number of hydrogen-bond donors (Lipinski definition) is 2. The maximum absolute atomic E-state index is 13.0. The summed E-state index contributed by atoms with van der Waals surface area (Å²) in [6.07, 6.45) is -0.976. The molecule has 1 fully saturated rings. The average Bonchev–Trinajstić information content (AvgIpc) is 3.32. The number of nitrogens with one attached hydrogen (secondary N) is 1. The van der Waals surface area contributed by atoms with Gasteiger partial charge in [0.05, 0.1) is 6.26 Å². The van der Waals surface area contributed by atoms with E-state index in [1.54, 1.807) is 6.07 Å². The second-order valence-corrected chi connectivity index (χ2v) is 8.21. The zero-order valence-electron chi connectivity index (χ0n) is 18.8. The molecule has 2 aliphatic rings. The summed E-state index contributed by atoms with van der Waals surface area (Å²) in [5, 5.41) is 5.53. The molecule has 0 bridgehead atoms. The number of oxime groups is 1. The third-order valence-corrected chi connectivity index (χ3v) is 6.01. The van der Waals surface area contributed by atoms with E-state index >= 15 is 0 Å². The van der Waals surface area contributed by atoms with Gasteiger partial charge in [-0.2, -0.15) is 0 Å². The summed E-state index contributed by atoms with van der Waals surface area (Å²) in [7, 11) is 1.25. The van der Waals surface area contributed by atoms with Gasteiger partial charge in [-0.1, -0.05) is 5.16 Å². The lowest BCUT2D eigenvalue weighted by atomic mass is 10.0. The highest BCUT2D eigenvalue weighted by Crippen LogP contribution is 2.41. The van der Waals surface area contributed by atoms with Crippen molar-refractivity contribution in [3.8, 4) is 0 Å². The molecule has 0 unspecified atom stereocenters. The molecule has 0 aliphatic carbocycles. The van der Waals surface area contributed by atoms with Gasteiger partial charge >= 0.3 is 18.0 Å². The first kappa shape index (κ1) is 25.6. The van der Waals surface area contributed by atoms with Crippen LogP contribution in [0.2, 0.25) is 0 Å². The number of ether oxygens (including phenoxy) is 3. The van der Waals surface area contributed by atoms with Crippen molar-refractivity contribution < 1.29 is 47.4 Å². The van der Waals surface area contributed by atoms with Crippen LogP contribution in [0.1, 0.15) is 19.6 Å². The van der Waals surface area contributed by atoms with Crippen LogP contribution in [0.4, 0.5) is 4.79 Å². The number of β-lactam (4-membered cyclic amide) rings is 1. The van der Waals surface area contributed by atoms with E-state index in [0.29, 0.717) is 0 Å². The predicted molar refractivity (Wildman–Crippen MR) is 117 cm³/mol. The lowest BCUT2D eigenvalue weighted by Crippen LogP contribution is -2.71. The van der Waals surface area contributed by atoms with Crippen LogP contribution in [-0.4, -0.2) is 77.6 Å². The molecule has 15 heteroatoms. The predicted octanol–water partition coefficient (Wildman–Crippen LogP) is -0.168. The number of esters is 2. The molecule has 1 saturated heterocycles. The van der Waals surface area contributed by atoms with Crippen molar-refractivity contribution in [2.45, 2.75) is 31.6 Å². The van der Waals surface area contributed by atoms with Gasteiger partial charge in [-0.25, -0.2) is 9.59 Å². The van der Waals surface area contributed by atoms with Crippen molar-refractivity contribution in [3.63, 3.8) is 0 Å². The average molecular weight is 510 g/mol. The fourth-order valence-corrected chi connectivity index (χ4v) is 4.65. The highest BCUT2D eigenvalue weighted by Gasteiger charge is 2.55. The highest BCUT2D eigenvalue weighted by atomic mass is 32.2. The Morgan fingerprint density at radius 1 is 1.34 bits per heavy atom. The molecule has 3 atom stereocenters. The van der Waals surface area contributed by atoms with Gasteiger partial charge in [0.15, 0.2) is 5.76 Å². The molecule has 3 N–H and O–H groups in total. The normalized spacial score (nSPS) is 20.3. The van der Waals surface area contributed by atoms with E-state index < -0.39 is 47.6 Å². The van der Waals surface area contributed by atoms with E-state index in [2.05, 4.69) is 10.5 Å². The standard InChI is InChI=1S/C20H22N4O10S/c1-9(25)33-10(2)34-19(28)15-11(7-32-20(21)29)8-35-18-14(17(27)24(15)18)22-16(26)13(23-30-3)12-5-4-6-31-12/h4-6,10,14,18H,7-8H2,1-3H3,(H2,21,29)(H,22,26)/t10-,14+,18+/m0/s1. The summed E-state index contributed by atoms with van der Waals surface area (Å²) < 4.78 is 19.9. The third kappa shape index (κ3) is 5.74. The first-order chi connectivity index (χ1) is 16.6. The minimum Gasteiger partial charge on any atom is -0.462 e. The van der Waals surface area contributed by atoms with Crippen molar-refractivity contribution in [2.75, 3.05) is 19.5 Å². The fraction of sp³-hybridized carbons (Fsp3) is 0.400. The van der Waals surface area contributed by atoms with Crippen molar-refractivity contribution in [2.24, 2.45) is 10.9 Å². The Balaban J connectivity index is 1.80. The second kappa shape index (κ2) is 10.9. The van der Waals surface area contributed by atoms with E-state index in [1.807, 2.05) is 0 Å². The van der Waals surface area contributed by atoms with E-state index in [-0.39, 0.29) is 35.1 Å². The highest BCUT2D eigenvalue weighted by molar-refractivity contribution is 8.00. The maximum Gasteiger partial charge on any atom is 0.404 e. The first-order valence-corrected chi connectivity index (χ1v) is 11.1. The third-order valence-electron chi connectivity index (χ3n) is 4.67. The molecule has 3 amide bonds. The molecule has 14 nitrogen and oxygen atoms in total. The van der Waals surface area contributed by atoms with E-state index in [1.165, 1.54) is 38.1 Å². The van der Waals surface area contributed by atoms with Crippen LogP contribution < -0.4 is 11.1 Å². The van der Waals surface area contributed by atoms with Crippen molar-refractivity contribution in [1.82, 2.24) is 10.2 Å². The Kier molecular flexibility index (Phi) is 8.01. The van der Waals surface area contributed by atoms with Crippen LogP contribution in [0.3, 0.4) is 0 Å². The van der Waals surface area contributed by atoms with Crippen LogP contribution >= 0.6 is 11.8 Å². The number of furan rings is 1. The molecule has 3 rings (SSSR count). The number of hydrogen-bond acceptors (Lipinski definition) is 12. The second-order valence-electron chi connectivity index (χ2n) is 7.10. The molecular formula is C20H22N4O10S. The lowest BCUT2D eigenvalue weighted by Gasteiger charge is -2.49. The maximum atomic E-state index is 13.0. The van der Waals surface area contributed by atoms with Crippen molar-refractivity contribution in [1.29, 1.82) is 0 Å². The zero-order chi connectivity index (χ0) is 25.7. The monoisotopic (exact) mass is 510 g/mol. The number of nitrogens with zero attached hydrogens (tertiary/aromatic N) is 2. The van der Waals surface area contributed by atoms with Crippen LogP contribution in [0.5, 0.6) is 0 Å². The minimum absolute atomic E-state index is 0.124. The van der Waals surface area contributed by atoms with Gasteiger partial charge in [0.25, 0.3) is 11.8 Å². The van der Waals surface area contributed by atoms with Crippen LogP contribution in [0.25, 0.3) is 0 Å². The lowest BCUT2D eigenvalue weighted by molar-refractivity contribution is -0.182. The van der Waals surface area contributed by atoms with Gasteiger partial charge in [0.2, 0.25) is 12.0 Å². The Labute approximate surface area is 202 Å². The molecule has 1 aromatic rings. The van der Waals surface area contributed by atoms with Crippen LogP contribution in [-0.2, 0) is 38.2 Å². The molecular weight excluding hydrogens is 488 g/mol. The smallest absolute Gasteiger partial charge is 0.404 e. The number of rotatable bonds is 9. The van der Waals surface area contributed by atoms with Gasteiger partial charge in [0, 0.05) is 25.2 Å². The number of carbonyl (C=O) groups excluding carboxylic acids is 5. The van der Waals surface area contributed by atoms with Crippen LogP contribution in [0, 0.1) is 0 Å². The molecule has 0 saturated carbocycles. The topological polar surface area (TPSA) is 189 Å². The van der Waals surface area contributed by atoms with Gasteiger partial charge < -0.3 is 34.5 Å². The fourth-order valence-electron chi connectivity index (χ4n) is 3.32. The molecule has 35 heavy (non-hydrogen) atoms. The summed E-state index contributed by atoms with van der Waals surface area (Å²) >= 11 is 1.21. The van der Waals surface area contributed by atoms with E-state index in [0.717, 1.165) is 11.8 Å². The number of carbonyl (C=O) groups is 5. The van der Waals surface area contributed by atoms with Gasteiger partial charge in [-0.05, 0) is 12.1 Å². The zero-order valence-corrected chi connectivity index (χ0v) is 19.7. The summed E-state index contributed by atoms with van der Waals surface area (Å²) in [5.41, 5.74) is 4.89. The van der Waals surface area contributed by atoms with Gasteiger partial charge in [0.1, 0.15) is 30.8 Å². The molecule has 0 spiro atoms. The summed E-state index contributed by atoms with van der Waals surface area (Å²) in [4.78, 5) is 66.7. The molecule has 188 valence electrons. The minimum atomic E-state index is -1.24. The first-order valence-electron chi connectivity index (χ1n) is 10.1. The summed E-state index contributed by atoms with van der Waals surface area (Å²) in [6, 6.07) is 2.03.